The number of nitrogens with zero attached hydrogens (tertiary/aromatic N) is 3. The maximum atomic E-state index is 14.4. The molecule has 4 rings (SSSR count). The van der Waals surface area contributed by atoms with Crippen LogP contribution in [0.2, 0.25) is 5.02 Å². The summed E-state index contributed by atoms with van der Waals surface area (Å²) in [6.45, 7) is 5.56. The van der Waals surface area contributed by atoms with E-state index in [9.17, 15) is 27.7 Å². The average molecular weight is 582 g/mol. The van der Waals surface area contributed by atoms with Gasteiger partial charge in [-0.15, -0.1) is 5.14 Å². The second-order valence-corrected chi connectivity index (χ2v) is 11.7. The molecule has 0 spiro atoms. The summed E-state index contributed by atoms with van der Waals surface area (Å²) in [5.74, 6) is -3.43. The third-order valence-corrected chi connectivity index (χ3v) is 7.14. The summed E-state index contributed by atoms with van der Waals surface area (Å²) in [7, 11) is 0. The molecule has 0 fully saturated rings. The Morgan fingerprint density at radius 1 is 1.10 bits per heavy atom. The van der Waals surface area contributed by atoms with Gasteiger partial charge in [-0.1, -0.05) is 32.4 Å². The van der Waals surface area contributed by atoms with Crippen molar-refractivity contribution in [1.29, 1.82) is 0 Å². The van der Waals surface area contributed by atoms with Crippen molar-refractivity contribution in [1.82, 2.24) is 14.8 Å². The zero-order valence-corrected chi connectivity index (χ0v) is 22.9. The minimum atomic E-state index is -2.10. The minimum absolute atomic E-state index is 0.0864. The summed E-state index contributed by atoms with van der Waals surface area (Å²) in [5.41, 5.74) is 0.754. The van der Waals surface area contributed by atoms with Gasteiger partial charge in [-0.25, -0.2) is 13.6 Å². The highest BCUT2D eigenvalue weighted by Gasteiger charge is 2.37. The molecule has 10 nitrogen and oxygen atoms in total. The zero-order valence-electron chi connectivity index (χ0n) is 21.3. The van der Waals surface area contributed by atoms with Crippen LogP contribution in [0.3, 0.4) is 0 Å². The van der Waals surface area contributed by atoms with Crippen LogP contribution >= 0.6 is 11.6 Å². The number of aromatic nitrogens is 1. The van der Waals surface area contributed by atoms with Crippen LogP contribution in [0.5, 0.6) is 0 Å². The molecule has 1 aromatic heterocycles. The summed E-state index contributed by atoms with van der Waals surface area (Å²) in [6, 6.07) is 3.07. The lowest BCUT2D eigenvalue weighted by Gasteiger charge is -2.23. The number of pyridine rings is 1. The topological polar surface area (TPSA) is 141 Å². The number of rotatable bonds is 5. The maximum absolute atomic E-state index is 14.4. The molecule has 208 valence electrons. The van der Waals surface area contributed by atoms with Gasteiger partial charge in [0.05, 0.1) is 22.1 Å². The van der Waals surface area contributed by atoms with Crippen LogP contribution in [0, 0.1) is 17.0 Å². The molecule has 1 unspecified atom stereocenters. The van der Waals surface area contributed by atoms with Gasteiger partial charge in [0.15, 0.2) is 4.90 Å². The molecule has 3 amide bonds. The number of carbonyl (C=O) groups is 3. The Morgan fingerprint density at radius 3 is 2.21 bits per heavy atom. The van der Waals surface area contributed by atoms with Crippen molar-refractivity contribution < 1.29 is 32.5 Å². The minimum Gasteiger partial charge on any atom is -0.593 e. The van der Waals surface area contributed by atoms with E-state index in [1.807, 2.05) is 0 Å². The molecule has 0 saturated heterocycles. The molecule has 0 bridgehead atoms. The van der Waals surface area contributed by atoms with Crippen molar-refractivity contribution >= 4 is 46.6 Å². The average Bonchev–Trinajstić information content (AvgIpc) is 3.42. The van der Waals surface area contributed by atoms with E-state index in [1.54, 1.807) is 20.8 Å². The number of hydrogen-bond acceptors (Lipinski definition) is 7. The predicted molar refractivity (Wildman–Crippen MR) is 139 cm³/mol. The second-order valence-electron chi connectivity index (χ2n) is 10.2. The fraction of sp³-hybridized carbons (Fsp3) is 0.360. The Kier molecular flexibility index (Phi) is 8.17. The van der Waals surface area contributed by atoms with Gasteiger partial charge in [0, 0.05) is 49.9 Å². The maximum Gasteiger partial charge on any atom is 0.410 e. The summed E-state index contributed by atoms with van der Waals surface area (Å²) >= 11 is 3.92. The van der Waals surface area contributed by atoms with Gasteiger partial charge in [0.2, 0.25) is 5.91 Å². The highest BCUT2D eigenvalue weighted by atomic mass is 35.5. The molecule has 1 aromatic carbocycles. The van der Waals surface area contributed by atoms with E-state index in [0.29, 0.717) is 16.4 Å². The number of anilines is 1. The molecule has 1 atom stereocenters. The molecule has 14 heteroatoms. The van der Waals surface area contributed by atoms with Crippen molar-refractivity contribution in [2.45, 2.75) is 32.3 Å². The Morgan fingerprint density at radius 2 is 1.67 bits per heavy atom. The SMILES string of the molecule is CC(C)(C)C(=O)Nc1cc(Cl)cnc1COC(=O)N1CC2=C(C1)CN(C(=O)c1c(F)cc([S+](N)[O-])cc1F)C2. The van der Waals surface area contributed by atoms with E-state index < -0.39 is 46.0 Å². The van der Waals surface area contributed by atoms with Crippen LogP contribution in [0.25, 0.3) is 0 Å². The smallest absolute Gasteiger partial charge is 0.410 e. The van der Waals surface area contributed by atoms with Gasteiger partial charge >= 0.3 is 6.09 Å². The number of halogens is 3. The van der Waals surface area contributed by atoms with Gasteiger partial charge in [-0.2, -0.15) is 0 Å². The van der Waals surface area contributed by atoms with Crippen LogP contribution in [0.15, 0.2) is 40.4 Å². The lowest BCUT2D eigenvalue weighted by molar-refractivity contribution is -0.123. The van der Waals surface area contributed by atoms with Crippen molar-refractivity contribution in [3.05, 3.63) is 63.5 Å². The van der Waals surface area contributed by atoms with Gasteiger partial charge in [0.1, 0.15) is 29.5 Å². The molecule has 0 radical (unpaired) electrons. The second kappa shape index (κ2) is 11.1. The lowest BCUT2D eigenvalue weighted by Crippen LogP contribution is -2.37. The van der Waals surface area contributed by atoms with E-state index in [0.717, 1.165) is 23.3 Å². The van der Waals surface area contributed by atoms with Crippen molar-refractivity contribution in [3.8, 4) is 0 Å². The predicted octanol–water partition coefficient (Wildman–Crippen LogP) is 3.38. The largest absolute Gasteiger partial charge is 0.593 e. The van der Waals surface area contributed by atoms with E-state index >= 15 is 0 Å². The van der Waals surface area contributed by atoms with Gasteiger partial charge in [-0.05, 0) is 17.2 Å². The summed E-state index contributed by atoms with van der Waals surface area (Å²) < 4.78 is 45.6. The number of hydrogen-bond donors (Lipinski definition) is 2. The Balaban J connectivity index is 1.35. The number of nitrogens with two attached hydrogens (primary N) is 1. The molecule has 2 aliphatic rings. The van der Waals surface area contributed by atoms with Crippen molar-refractivity contribution in [3.63, 3.8) is 0 Å². The van der Waals surface area contributed by atoms with E-state index in [-0.39, 0.29) is 43.6 Å². The molecule has 2 aromatic rings. The number of carbonyl (C=O) groups excluding carboxylic acids is 3. The molecule has 2 aliphatic heterocycles. The monoisotopic (exact) mass is 581 g/mol. The number of ether oxygens (including phenoxy) is 1. The normalized spacial score (nSPS) is 15.9. The van der Waals surface area contributed by atoms with Crippen LogP contribution < -0.4 is 10.5 Å². The van der Waals surface area contributed by atoms with Crippen molar-refractivity contribution in [2.75, 3.05) is 31.5 Å². The first-order valence-corrected chi connectivity index (χ1v) is 13.4. The van der Waals surface area contributed by atoms with Crippen LogP contribution in [-0.2, 0) is 27.5 Å². The van der Waals surface area contributed by atoms with E-state index in [2.05, 4.69) is 10.3 Å². The molecule has 3 N–H and O–H groups in total. The first kappa shape index (κ1) is 28.7. The van der Waals surface area contributed by atoms with Gasteiger partial charge < -0.3 is 24.4 Å². The number of amides is 3. The standard InChI is InChI=1S/C25H26ClF2N5O5S/c1-25(2,3)23(35)31-19-4-15(26)7-30-20(19)12-38-24(36)33-10-13-8-32(9-14(13)11-33)22(34)21-17(27)5-16(39(29)37)6-18(21)28/h4-7H,8-12,29H2,1-3H3,(H,31,35). The third-order valence-electron chi connectivity index (χ3n) is 6.23. The fourth-order valence-corrected chi connectivity index (χ4v) is 4.70. The van der Waals surface area contributed by atoms with Crippen molar-refractivity contribution in [2.24, 2.45) is 10.6 Å². The summed E-state index contributed by atoms with van der Waals surface area (Å²) in [6.07, 6.45) is 0.749. The highest BCUT2D eigenvalue weighted by Crippen LogP contribution is 2.29. The van der Waals surface area contributed by atoms with Gasteiger partial charge in [-0.3, -0.25) is 14.6 Å². The molecule has 0 aliphatic carbocycles. The van der Waals surface area contributed by atoms with E-state index in [4.69, 9.17) is 21.5 Å². The van der Waals surface area contributed by atoms with E-state index in [1.165, 1.54) is 22.1 Å². The summed E-state index contributed by atoms with van der Waals surface area (Å²) in [4.78, 5) is 44.6. The molecular formula is C25H26ClF2N5O5S. The third kappa shape index (κ3) is 6.32. The highest BCUT2D eigenvalue weighted by molar-refractivity contribution is 7.89. The zero-order chi connectivity index (χ0) is 28.6. The first-order valence-electron chi connectivity index (χ1n) is 11.8. The first-order chi connectivity index (χ1) is 18.2. The Bertz CT molecular complexity index is 1340. The Hall–Kier alpha value is -3.26. The molecule has 3 heterocycles. The summed E-state index contributed by atoms with van der Waals surface area (Å²) in [5, 5.41) is 8.23. The molecule has 39 heavy (non-hydrogen) atoms. The quantitative estimate of drug-likeness (QED) is 0.407. The number of nitrogens with one attached hydrogen (secondary N) is 1. The Labute approximate surface area is 231 Å². The number of benzene rings is 1. The van der Waals surface area contributed by atoms with Gasteiger partial charge in [0.25, 0.3) is 5.91 Å². The van der Waals surface area contributed by atoms with Crippen LogP contribution in [0.1, 0.15) is 36.8 Å². The lowest BCUT2D eigenvalue weighted by atomic mass is 9.95. The fourth-order valence-electron chi connectivity index (χ4n) is 4.10. The molecule has 0 saturated carbocycles. The van der Waals surface area contributed by atoms with Crippen LogP contribution in [-0.4, -0.2) is 63.4 Å². The van der Waals surface area contributed by atoms with Crippen LogP contribution in [0.4, 0.5) is 19.3 Å². The molecular weight excluding hydrogens is 556 g/mol.